The van der Waals surface area contributed by atoms with Gasteiger partial charge in [0.05, 0.1) is 18.2 Å². The third-order valence-corrected chi connectivity index (χ3v) is 5.48. The highest BCUT2D eigenvalue weighted by Gasteiger charge is 2.34. The number of carbonyl (C=O) groups excluding carboxylic acids is 1. The lowest BCUT2D eigenvalue weighted by atomic mass is 9.86. The molecule has 0 spiro atoms. The minimum absolute atomic E-state index is 0.0681. The first-order valence-corrected chi connectivity index (χ1v) is 9.25. The van der Waals surface area contributed by atoms with Crippen molar-refractivity contribution >= 4 is 11.7 Å². The van der Waals surface area contributed by atoms with Gasteiger partial charge in [0.15, 0.2) is 5.82 Å². The van der Waals surface area contributed by atoms with Crippen LogP contribution in [0.15, 0.2) is 30.5 Å². The van der Waals surface area contributed by atoms with Crippen molar-refractivity contribution in [1.82, 2.24) is 14.7 Å². The predicted molar refractivity (Wildman–Crippen MR) is 101 cm³/mol. The second-order valence-electron chi connectivity index (χ2n) is 8.02. The number of aromatic nitrogens is 2. The van der Waals surface area contributed by atoms with Crippen LogP contribution >= 0.6 is 0 Å². The Labute approximate surface area is 154 Å². The first kappa shape index (κ1) is 17.1. The number of hydrogen-bond acceptors (Lipinski definition) is 4. The molecule has 4 rings (SSSR count). The Morgan fingerprint density at radius 3 is 2.81 bits per heavy atom. The molecule has 1 amide bonds. The molecule has 1 aromatic carbocycles. The fourth-order valence-electron chi connectivity index (χ4n) is 3.79. The van der Waals surface area contributed by atoms with Gasteiger partial charge < -0.3 is 15.0 Å². The maximum atomic E-state index is 12.8. The smallest absolute Gasteiger partial charge is 0.260 e. The van der Waals surface area contributed by atoms with Gasteiger partial charge in [-0.15, -0.1) is 0 Å². The van der Waals surface area contributed by atoms with Crippen LogP contribution in [0.25, 0.3) is 0 Å². The van der Waals surface area contributed by atoms with E-state index in [0.717, 1.165) is 31.5 Å². The van der Waals surface area contributed by atoms with Gasteiger partial charge in [-0.25, -0.2) is 0 Å². The zero-order chi connectivity index (χ0) is 18.3. The van der Waals surface area contributed by atoms with Gasteiger partial charge in [-0.3, -0.25) is 9.48 Å². The van der Waals surface area contributed by atoms with Gasteiger partial charge in [-0.2, -0.15) is 5.10 Å². The van der Waals surface area contributed by atoms with Gasteiger partial charge in [0.1, 0.15) is 5.75 Å². The second kappa shape index (κ2) is 6.43. The maximum Gasteiger partial charge on any atom is 0.260 e. The second-order valence-corrected chi connectivity index (χ2v) is 8.02. The lowest BCUT2D eigenvalue weighted by molar-refractivity contribution is 0.102. The first-order valence-electron chi connectivity index (χ1n) is 9.25. The van der Waals surface area contributed by atoms with Crippen molar-refractivity contribution in [2.45, 2.75) is 38.1 Å². The number of benzene rings is 1. The Morgan fingerprint density at radius 1 is 1.27 bits per heavy atom. The molecule has 0 unspecified atom stereocenters. The molecule has 3 heterocycles. The Kier molecular flexibility index (Phi) is 4.23. The molecule has 0 radical (unpaired) electrons. The number of likely N-dealkylation sites (tertiary alicyclic amines) is 1. The minimum Gasteiger partial charge on any atom is -0.492 e. The van der Waals surface area contributed by atoms with Gasteiger partial charge in [0, 0.05) is 23.2 Å². The van der Waals surface area contributed by atoms with Gasteiger partial charge >= 0.3 is 0 Å². The van der Waals surface area contributed by atoms with Gasteiger partial charge in [-0.1, -0.05) is 26.0 Å². The molecule has 0 atom stereocenters. The van der Waals surface area contributed by atoms with Crippen LogP contribution in [0.3, 0.4) is 0 Å². The Morgan fingerprint density at radius 2 is 2.04 bits per heavy atom. The highest BCUT2D eigenvalue weighted by atomic mass is 16.5. The van der Waals surface area contributed by atoms with Crippen molar-refractivity contribution in [1.29, 1.82) is 0 Å². The highest BCUT2D eigenvalue weighted by molar-refractivity contribution is 6.06. The number of ether oxygens (including phenoxy) is 1. The predicted octanol–water partition coefficient (Wildman–Crippen LogP) is 3.07. The van der Waals surface area contributed by atoms with E-state index in [2.05, 4.69) is 36.2 Å². The topological polar surface area (TPSA) is 59.4 Å². The summed E-state index contributed by atoms with van der Waals surface area (Å²) in [5, 5.41) is 7.49. The zero-order valence-corrected chi connectivity index (χ0v) is 15.7. The van der Waals surface area contributed by atoms with Crippen LogP contribution in [-0.2, 0) is 5.41 Å². The summed E-state index contributed by atoms with van der Waals surface area (Å²) >= 11 is 0. The summed E-state index contributed by atoms with van der Waals surface area (Å²) in [6.07, 6.45) is 4.13. The lowest BCUT2D eigenvalue weighted by Gasteiger charge is -2.28. The number of para-hydroxylation sites is 1. The van der Waals surface area contributed by atoms with E-state index in [4.69, 9.17) is 4.74 Å². The summed E-state index contributed by atoms with van der Waals surface area (Å²) in [6, 6.07) is 8.03. The standard InChI is InChI=1S/C20H26N4O2/c1-20(2)13-26-18-15(5-4-6-16(18)20)19(25)21-17-9-12-24(22-17)14-7-10-23(3)11-8-14/h4-6,9,12,14H,7-8,10-11,13H2,1-3H3,(H,21,22,25). The number of rotatable bonds is 3. The van der Waals surface area contributed by atoms with E-state index in [-0.39, 0.29) is 11.3 Å². The van der Waals surface area contributed by atoms with Crippen LogP contribution in [0.2, 0.25) is 0 Å². The molecule has 2 aliphatic heterocycles. The Bertz CT molecular complexity index is 819. The number of nitrogens with one attached hydrogen (secondary N) is 1. The normalized spacial score (nSPS) is 19.8. The van der Waals surface area contributed by atoms with Crippen LogP contribution in [0.1, 0.15) is 48.7 Å². The summed E-state index contributed by atoms with van der Waals surface area (Å²) in [5.41, 5.74) is 1.59. The van der Waals surface area contributed by atoms with Crippen LogP contribution in [0.5, 0.6) is 5.75 Å². The van der Waals surface area contributed by atoms with E-state index in [0.29, 0.717) is 29.8 Å². The number of anilines is 1. The Hall–Kier alpha value is -2.34. The fraction of sp³-hybridized carbons (Fsp3) is 0.500. The highest BCUT2D eigenvalue weighted by Crippen LogP contribution is 2.40. The minimum atomic E-state index is -0.173. The molecule has 1 N–H and O–H groups in total. The maximum absolute atomic E-state index is 12.8. The number of fused-ring (bicyclic) bond motifs is 1. The first-order chi connectivity index (χ1) is 12.4. The van der Waals surface area contributed by atoms with Gasteiger partial charge in [-0.05, 0) is 39.0 Å². The lowest BCUT2D eigenvalue weighted by Crippen LogP contribution is -2.31. The number of carbonyl (C=O) groups is 1. The third-order valence-electron chi connectivity index (χ3n) is 5.48. The van der Waals surface area contributed by atoms with Crippen LogP contribution in [-0.4, -0.2) is 47.3 Å². The van der Waals surface area contributed by atoms with Crippen molar-refractivity contribution in [2.24, 2.45) is 0 Å². The number of hydrogen-bond donors (Lipinski definition) is 1. The summed E-state index contributed by atoms with van der Waals surface area (Å²) in [4.78, 5) is 15.1. The molecule has 0 aliphatic carbocycles. The monoisotopic (exact) mass is 354 g/mol. The van der Waals surface area contributed by atoms with E-state index >= 15 is 0 Å². The molecule has 1 fully saturated rings. The Balaban J connectivity index is 1.49. The van der Waals surface area contributed by atoms with E-state index in [1.165, 1.54) is 0 Å². The van der Waals surface area contributed by atoms with Crippen molar-refractivity contribution in [2.75, 3.05) is 32.1 Å². The molecule has 26 heavy (non-hydrogen) atoms. The largest absolute Gasteiger partial charge is 0.492 e. The molecule has 6 nitrogen and oxygen atoms in total. The van der Waals surface area contributed by atoms with Crippen molar-refractivity contribution < 1.29 is 9.53 Å². The molecule has 2 aliphatic rings. The summed E-state index contributed by atoms with van der Waals surface area (Å²) < 4.78 is 7.81. The van der Waals surface area contributed by atoms with Crippen molar-refractivity contribution in [3.63, 3.8) is 0 Å². The van der Waals surface area contributed by atoms with E-state index < -0.39 is 0 Å². The fourth-order valence-corrected chi connectivity index (χ4v) is 3.79. The molecule has 0 saturated carbocycles. The van der Waals surface area contributed by atoms with E-state index in [1.54, 1.807) is 0 Å². The van der Waals surface area contributed by atoms with Crippen LogP contribution in [0, 0.1) is 0 Å². The summed E-state index contributed by atoms with van der Waals surface area (Å²) in [7, 11) is 2.15. The quantitative estimate of drug-likeness (QED) is 0.920. The molecule has 2 aromatic rings. The molecular formula is C20H26N4O2. The zero-order valence-electron chi connectivity index (χ0n) is 15.7. The average Bonchev–Trinajstić information content (AvgIpc) is 3.20. The molecule has 1 saturated heterocycles. The summed E-state index contributed by atoms with van der Waals surface area (Å²) in [5.74, 6) is 1.11. The third kappa shape index (κ3) is 3.09. The molecule has 6 heteroatoms. The van der Waals surface area contributed by atoms with Crippen LogP contribution < -0.4 is 10.1 Å². The molecular weight excluding hydrogens is 328 g/mol. The number of nitrogens with zero attached hydrogens (tertiary/aromatic N) is 3. The van der Waals surface area contributed by atoms with Gasteiger partial charge in [0.2, 0.25) is 0 Å². The van der Waals surface area contributed by atoms with E-state index in [9.17, 15) is 4.79 Å². The SMILES string of the molecule is CN1CCC(n2ccc(NC(=O)c3cccc4c3OCC4(C)C)n2)CC1. The van der Waals surface area contributed by atoms with Crippen molar-refractivity contribution in [3.8, 4) is 5.75 Å². The molecule has 0 bridgehead atoms. The number of amides is 1. The number of piperidine rings is 1. The molecule has 138 valence electrons. The summed E-state index contributed by atoms with van der Waals surface area (Å²) in [6.45, 7) is 7.01. The van der Waals surface area contributed by atoms with Crippen molar-refractivity contribution in [3.05, 3.63) is 41.6 Å². The molecule has 1 aromatic heterocycles. The average molecular weight is 354 g/mol. The van der Waals surface area contributed by atoms with Crippen LogP contribution in [0.4, 0.5) is 5.82 Å². The van der Waals surface area contributed by atoms with Gasteiger partial charge in [0.25, 0.3) is 5.91 Å². The van der Waals surface area contributed by atoms with E-state index in [1.807, 2.05) is 35.1 Å².